The van der Waals surface area contributed by atoms with Crippen LogP contribution in [0.3, 0.4) is 0 Å². The highest BCUT2D eigenvalue weighted by Gasteiger charge is 2.29. The molecule has 0 saturated carbocycles. The second-order valence-electron chi connectivity index (χ2n) is 4.75. The van der Waals surface area contributed by atoms with Crippen LogP contribution < -0.4 is 0 Å². The van der Waals surface area contributed by atoms with E-state index < -0.39 is 0 Å². The molecule has 1 aliphatic heterocycles. The van der Waals surface area contributed by atoms with Gasteiger partial charge in [-0.1, -0.05) is 27.5 Å². The van der Waals surface area contributed by atoms with E-state index in [0.29, 0.717) is 22.5 Å². The van der Waals surface area contributed by atoms with E-state index in [1.807, 2.05) is 11.0 Å². The minimum atomic E-state index is 0.0309. The third-order valence-corrected chi connectivity index (χ3v) is 4.56. The van der Waals surface area contributed by atoms with Crippen LogP contribution >= 0.6 is 39.1 Å². The topological polar surface area (TPSA) is 20.3 Å². The second-order valence-corrected chi connectivity index (χ2v) is 6.45. The Hall–Kier alpha value is -0.250. The third-order valence-electron chi connectivity index (χ3n) is 3.47. The maximum atomic E-state index is 12.6. The molecule has 1 fully saturated rings. The fraction of sp³-hybridized carbons (Fsp3) is 0.500. The summed E-state index contributed by atoms with van der Waals surface area (Å²) in [6, 6.07) is 5.69. The van der Waals surface area contributed by atoms with Crippen molar-refractivity contribution in [3.05, 3.63) is 33.3 Å². The number of rotatable bonds is 4. The molecule has 1 heterocycles. The van der Waals surface area contributed by atoms with E-state index in [9.17, 15) is 4.79 Å². The Bertz CT molecular complexity index is 467. The van der Waals surface area contributed by atoms with Gasteiger partial charge in [0, 0.05) is 22.9 Å². The molecule has 2 nitrogen and oxygen atoms in total. The van der Waals surface area contributed by atoms with Crippen molar-refractivity contribution in [2.75, 3.05) is 12.4 Å². The summed E-state index contributed by atoms with van der Waals surface area (Å²) in [4.78, 5) is 14.5. The van der Waals surface area contributed by atoms with Gasteiger partial charge in [0.2, 0.25) is 0 Å². The zero-order chi connectivity index (χ0) is 13.8. The highest BCUT2D eigenvalue weighted by Crippen LogP contribution is 2.28. The zero-order valence-electron chi connectivity index (χ0n) is 10.5. The lowest BCUT2D eigenvalue weighted by molar-refractivity contribution is 0.0730. The van der Waals surface area contributed by atoms with E-state index >= 15 is 0 Å². The molecule has 0 bridgehead atoms. The first-order valence-electron chi connectivity index (χ1n) is 6.45. The van der Waals surface area contributed by atoms with Crippen molar-refractivity contribution in [2.24, 2.45) is 0 Å². The summed E-state index contributed by atoms with van der Waals surface area (Å²) in [7, 11) is 0. The van der Waals surface area contributed by atoms with Gasteiger partial charge in [-0.05, 0) is 43.9 Å². The summed E-state index contributed by atoms with van der Waals surface area (Å²) in [6.07, 6.45) is 4.04. The Kier molecular flexibility index (Phi) is 5.55. The number of hydrogen-bond acceptors (Lipinski definition) is 1. The molecule has 0 radical (unpaired) electrons. The number of hydrogen-bond donors (Lipinski definition) is 0. The van der Waals surface area contributed by atoms with Crippen molar-refractivity contribution >= 4 is 45.0 Å². The quantitative estimate of drug-likeness (QED) is 0.707. The predicted molar refractivity (Wildman–Crippen MR) is 83.2 cm³/mol. The Morgan fingerprint density at radius 2 is 2.26 bits per heavy atom. The SMILES string of the molecule is O=C(c1cc(Br)ccc1Cl)N1CCCC1CCCCl. The Morgan fingerprint density at radius 1 is 1.47 bits per heavy atom. The van der Waals surface area contributed by atoms with Gasteiger partial charge in [0.1, 0.15) is 0 Å². The maximum Gasteiger partial charge on any atom is 0.255 e. The van der Waals surface area contributed by atoms with Crippen LogP contribution in [-0.2, 0) is 0 Å². The molecule has 104 valence electrons. The summed E-state index contributed by atoms with van der Waals surface area (Å²) >= 11 is 15.3. The van der Waals surface area contributed by atoms with Gasteiger partial charge in [0.25, 0.3) is 5.91 Å². The molecule has 2 rings (SSSR count). The monoisotopic (exact) mass is 363 g/mol. The van der Waals surface area contributed by atoms with Crippen LogP contribution in [0.25, 0.3) is 0 Å². The van der Waals surface area contributed by atoms with E-state index in [1.165, 1.54) is 0 Å². The number of carbonyl (C=O) groups excluding carboxylic acids is 1. The van der Waals surface area contributed by atoms with Crippen LogP contribution in [-0.4, -0.2) is 29.3 Å². The van der Waals surface area contributed by atoms with Gasteiger partial charge in [-0.2, -0.15) is 0 Å². The smallest absolute Gasteiger partial charge is 0.255 e. The lowest BCUT2D eigenvalue weighted by Gasteiger charge is -2.25. The Labute approximate surface area is 132 Å². The summed E-state index contributed by atoms with van der Waals surface area (Å²) in [5, 5.41) is 0.510. The summed E-state index contributed by atoms with van der Waals surface area (Å²) in [5.41, 5.74) is 0.578. The van der Waals surface area contributed by atoms with Crippen LogP contribution in [0.5, 0.6) is 0 Å². The van der Waals surface area contributed by atoms with Crippen molar-refractivity contribution in [1.82, 2.24) is 4.90 Å². The number of halogens is 3. The van der Waals surface area contributed by atoms with E-state index in [-0.39, 0.29) is 5.91 Å². The number of amides is 1. The van der Waals surface area contributed by atoms with Crippen molar-refractivity contribution in [3.8, 4) is 0 Å². The molecule has 1 aromatic rings. The van der Waals surface area contributed by atoms with Crippen LogP contribution in [0.2, 0.25) is 5.02 Å². The molecular weight excluding hydrogens is 349 g/mol. The lowest BCUT2D eigenvalue weighted by Crippen LogP contribution is -2.35. The molecule has 5 heteroatoms. The van der Waals surface area contributed by atoms with Crippen molar-refractivity contribution in [3.63, 3.8) is 0 Å². The largest absolute Gasteiger partial charge is 0.336 e. The molecule has 0 N–H and O–H groups in total. The number of likely N-dealkylation sites (tertiary alicyclic amines) is 1. The summed E-state index contributed by atoms with van der Waals surface area (Å²) in [6.45, 7) is 0.814. The Balaban J connectivity index is 2.16. The first kappa shape index (κ1) is 15.1. The fourth-order valence-electron chi connectivity index (χ4n) is 2.53. The van der Waals surface area contributed by atoms with Gasteiger partial charge in [-0.15, -0.1) is 11.6 Å². The third kappa shape index (κ3) is 3.65. The average Bonchev–Trinajstić information content (AvgIpc) is 2.86. The molecule has 0 spiro atoms. The van der Waals surface area contributed by atoms with Crippen LogP contribution in [0, 0.1) is 0 Å². The molecule has 19 heavy (non-hydrogen) atoms. The first-order chi connectivity index (χ1) is 9.13. The number of benzene rings is 1. The molecule has 1 atom stereocenters. The van der Waals surface area contributed by atoms with Gasteiger partial charge in [-0.3, -0.25) is 4.79 Å². The highest BCUT2D eigenvalue weighted by atomic mass is 79.9. The summed E-state index contributed by atoms with van der Waals surface area (Å²) < 4.78 is 0.872. The number of alkyl halides is 1. The first-order valence-corrected chi connectivity index (χ1v) is 8.16. The molecule has 0 aromatic heterocycles. The van der Waals surface area contributed by atoms with Gasteiger partial charge >= 0.3 is 0 Å². The summed E-state index contributed by atoms with van der Waals surface area (Å²) in [5.74, 6) is 0.680. The fourth-order valence-corrected chi connectivity index (χ4v) is 3.25. The maximum absolute atomic E-state index is 12.6. The molecule has 0 aliphatic carbocycles. The molecular formula is C14H16BrCl2NO. The predicted octanol–water partition coefficient (Wildman–Crippen LogP) is 4.73. The molecule has 1 amide bonds. The minimum absolute atomic E-state index is 0.0309. The van der Waals surface area contributed by atoms with E-state index in [4.69, 9.17) is 23.2 Å². The molecule has 1 unspecified atom stereocenters. The van der Waals surface area contributed by atoms with E-state index in [2.05, 4.69) is 15.9 Å². The molecule has 1 saturated heterocycles. The highest BCUT2D eigenvalue weighted by molar-refractivity contribution is 9.10. The average molecular weight is 365 g/mol. The minimum Gasteiger partial charge on any atom is -0.336 e. The van der Waals surface area contributed by atoms with Gasteiger partial charge in [-0.25, -0.2) is 0 Å². The second kappa shape index (κ2) is 6.96. The van der Waals surface area contributed by atoms with Crippen LogP contribution in [0.4, 0.5) is 0 Å². The van der Waals surface area contributed by atoms with Crippen LogP contribution in [0.15, 0.2) is 22.7 Å². The van der Waals surface area contributed by atoms with Gasteiger partial charge < -0.3 is 4.90 Å². The zero-order valence-corrected chi connectivity index (χ0v) is 13.6. The molecule has 1 aliphatic rings. The van der Waals surface area contributed by atoms with Crippen molar-refractivity contribution in [1.29, 1.82) is 0 Å². The number of carbonyl (C=O) groups is 1. The van der Waals surface area contributed by atoms with Crippen LogP contribution in [0.1, 0.15) is 36.0 Å². The number of nitrogens with zero attached hydrogens (tertiary/aromatic N) is 1. The van der Waals surface area contributed by atoms with E-state index in [1.54, 1.807) is 12.1 Å². The molecule has 1 aromatic carbocycles. The van der Waals surface area contributed by atoms with E-state index in [0.717, 1.165) is 36.7 Å². The normalized spacial score (nSPS) is 18.9. The van der Waals surface area contributed by atoms with Crippen molar-refractivity contribution in [2.45, 2.75) is 31.7 Å². The Morgan fingerprint density at radius 3 is 3.00 bits per heavy atom. The standard InChI is InChI=1S/C14H16BrCl2NO/c15-10-5-6-13(17)12(9-10)14(19)18-8-2-4-11(18)3-1-7-16/h5-6,9,11H,1-4,7-8H2. The van der Waals surface area contributed by atoms with Gasteiger partial charge in [0.05, 0.1) is 10.6 Å². The lowest BCUT2D eigenvalue weighted by atomic mass is 10.1. The van der Waals surface area contributed by atoms with Crippen molar-refractivity contribution < 1.29 is 4.79 Å². The van der Waals surface area contributed by atoms with Gasteiger partial charge in [0.15, 0.2) is 0 Å².